The molecule has 5 rings (SSSR count). The largest absolute Gasteiger partial charge is 0.399 e. The molecule has 0 amide bonds. The maximum atomic E-state index is 13.8. The molecular formula is C24H25ClN4O3S. The van der Waals surface area contributed by atoms with Gasteiger partial charge in [-0.2, -0.15) is 0 Å². The van der Waals surface area contributed by atoms with Crippen molar-refractivity contribution in [2.45, 2.75) is 35.4 Å². The molecule has 0 spiro atoms. The highest BCUT2D eigenvalue weighted by molar-refractivity contribution is 7.92. The number of halogens is 1. The number of nitrogen functional groups attached to an aromatic ring is 1. The second-order valence-corrected chi connectivity index (χ2v) is 11.2. The summed E-state index contributed by atoms with van der Waals surface area (Å²) in [6.45, 7) is 3.91. The lowest BCUT2D eigenvalue weighted by molar-refractivity contribution is 0.0985. The fraction of sp³-hybridized carbons (Fsp3) is 0.333. The van der Waals surface area contributed by atoms with Gasteiger partial charge in [0.15, 0.2) is 15.7 Å². The van der Waals surface area contributed by atoms with Crippen molar-refractivity contribution >= 4 is 32.9 Å². The number of ether oxygens (including phenoxy) is 1. The summed E-state index contributed by atoms with van der Waals surface area (Å²) in [5.41, 5.74) is 7.77. The van der Waals surface area contributed by atoms with Gasteiger partial charge in [-0.3, -0.25) is 0 Å². The molecule has 1 aromatic heterocycles. The third kappa shape index (κ3) is 3.86. The summed E-state index contributed by atoms with van der Waals surface area (Å²) in [7, 11) is -3.76. The van der Waals surface area contributed by atoms with Crippen LogP contribution in [0.2, 0.25) is 5.02 Å². The fourth-order valence-electron chi connectivity index (χ4n) is 4.29. The SMILES string of the molecule is C[C@H]1COCCN1c1cc(C2(S(=O)(=O)c3ccccc3Cl)CC2)nc(-c2ccc(N)cc2)n1. The Morgan fingerprint density at radius 3 is 2.52 bits per heavy atom. The third-order valence-corrected chi connectivity index (χ3v) is 9.38. The lowest BCUT2D eigenvalue weighted by Crippen LogP contribution is -2.44. The van der Waals surface area contributed by atoms with E-state index in [-0.39, 0.29) is 16.0 Å². The predicted octanol–water partition coefficient (Wildman–Crippen LogP) is 4.07. The molecule has 3 aromatic rings. The number of rotatable bonds is 5. The summed E-state index contributed by atoms with van der Waals surface area (Å²) in [5.74, 6) is 1.17. The zero-order chi connectivity index (χ0) is 23.2. The second-order valence-electron chi connectivity index (χ2n) is 8.60. The van der Waals surface area contributed by atoms with Crippen molar-refractivity contribution in [3.8, 4) is 11.4 Å². The van der Waals surface area contributed by atoms with Crippen LogP contribution in [-0.2, 0) is 19.3 Å². The average molecular weight is 485 g/mol. The van der Waals surface area contributed by atoms with Crippen LogP contribution in [0.25, 0.3) is 11.4 Å². The molecule has 2 heterocycles. The molecule has 0 radical (unpaired) electrons. The van der Waals surface area contributed by atoms with E-state index in [1.54, 1.807) is 36.4 Å². The number of benzene rings is 2. The van der Waals surface area contributed by atoms with E-state index < -0.39 is 14.6 Å². The second kappa shape index (κ2) is 8.27. The van der Waals surface area contributed by atoms with Crippen LogP contribution >= 0.6 is 11.6 Å². The molecule has 9 heteroatoms. The zero-order valence-corrected chi connectivity index (χ0v) is 19.8. The quantitative estimate of drug-likeness (QED) is 0.545. The van der Waals surface area contributed by atoms with Crippen LogP contribution in [0, 0.1) is 0 Å². The summed E-state index contributed by atoms with van der Waals surface area (Å²) >= 11 is 6.30. The van der Waals surface area contributed by atoms with E-state index in [0.29, 0.717) is 55.6 Å². The molecule has 2 aliphatic rings. The van der Waals surface area contributed by atoms with Gasteiger partial charge in [-0.05, 0) is 56.2 Å². The molecule has 1 saturated carbocycles. The summed E-state index contributed by atoms with van der Waals surface area (Å²) in [6, 6.07) is 15.8. The molecule has 0 unspecified atom stereocenters. The maximum absolute atomic E-state index is 13.8. The van der Waals surface area contributed by atoms with Gasteiger partial charge >= 0.3 is 0 Å². The number of morpholine rings is 1. The van der Waals surface area contributed by atoms with Gasteiger partial charge in [0.05, 0.1) is 34.9 Å². The van der Waals surface area contributed by atoms with Crippen LogP contribution < -0.4 is 10.6 Å². The van der Waals surface area contributed by atoms with Crippen molar-refractivity contribution < 1.29 is 13.2 Å². The number of nitrogens with two attached hydrogens (primary N) is 1. The third-order valence-electron chi connectivity index (χ3n) is 6.35. The monoisotopic (exact) mass is 484 g/mol. The first-order chi connectivity index (χ1) is 15.8. The van der Waals surface area contributed by atoms with E-state index in [1.807, 2.05) is 18.2 Å². The minimum atomic E-state index is -3.76. The van der Waals surface area contributed by atoms with Gasteiger partial charge < -0.3 is 15.4 Å². The maximum Gasteiger partial charge on any atom is 0.191 e. The van der Waals surface area contributed by atoms with Crippen LogP contribution in [0.15, 0.2) is 59.5 Å². The van der Waals surface area contributed by atoms with Gasteiger partial charge in [0.1, 0.15) is 10.6 Å². The molecule has 2 fully saturated rings. The van der Waals surface area contributed by atoms with E-state index in [9.17, 15) is 8.42 Å². The van der Waals surface area contributed by atoms with Crippen molar-refractivity contribution in [1.29, 1.82) is 0 Å². The Morgan fingerprint density at radius 1 is 1.12 bits per heavy atom. The average Bonchev–Trinajstić information content (AvgIpc) is 3.63. The normalized spacial score (nSPS) is 19.9. The highest BCUT2D eigenvalue weighted by atomic mass is 35.5. The van der Waals surface area contributed by atoms with Gasteiger partial charge in [-0.25, -0.2) is 18.4 Å². The van der Waals surface area contributed by atoms with Crippen molar-refractivity contribution in [1.82, 2.24) is 9.97 Å². The molecule has 2 N–H and O–H groups in total. The first kappa shape index (κ1) is 22.1. The predicted molar refractivity (Wildman–Crippen MR) is 129 cm³/mol. The molecule has 1 aliphatic carbocycles. The topological polar surface area (TPSA) is 98.4 Å². The van der Waals surface area contributed by atoms with Crippen molar-refractivity contribution in [3.63, 3.8) is 0 Å². The number of aromatic nitrogens is 2. The summed E-state index contributed by atoms with van der Waals surface area (Å²) in [4.78, 5) is 11.9. The van der Waals surface area contributed by atoms with Gasteiger partial charge in [-0.1, -0.05) is 23.7 Å². The van der Waals surface area contributed by atoms with Gasteiger partial charge in [0.25, 0.3) is 0 Å². The number of nitrogens with zero attached hydrogens (tertiary/aromatic N) is 3. The van der Waals surface area contributed by atoms with E-state index in [4.69, 9.17) is 32.0 Å². The zero-order valence-electron chi connectivity index (χ0n) is 18.2. The molecular weight excluding hydrogens is 460 g/mol. The summed E-state index contributed by atoms with van der Waals surface area (Å²) in [6.07, 6.45) is 0.966. The van der Waals surface area contributed by atoms with E-state index in [2.05, 4.69) is 11.8 Å². The summed E-state index contributed by atoms with van der Waals surface area (Å²) < 4.78 is 32.0. The number of hydrogen-bond acceptors (Lipinski definition) is 7. The van der Waals surface area contributed by atoms with Crippen molar-refractivity contribution in [3.05, 3.63) is 65.3 Å². The molecule has 7 nitrogen and oxygen atoms in total. The van der Waals surface area contributed by atoms with Crippen LogP contribution in [-0.4, -0.2) is 44.2 Å². The van der Waals surface area contributed by atoms with Gasteiger partial charge in [0, 0.05) is 23.9 Å². The molecule has 2 aromatic carbocycles. The molecule has 1 aliphatic heterocycles. The van der Waals surface area contributed by atoms with E-state index in [1.165, 1.54) is 0 Å². The van der Waals surface area contributed by atoms with Crippen LogP contribution in [0.1, 0.15) is 25.5 Å². The minimum absolute atomic E-state index is 0.107. The van der Waals surface area contributed by atoms with Gasteiger partial charge in [-0.15, -0.1) is 0 Å². The Balaban J connectivity index is 1.66. The van der Waals surface area contributed by atoms with Crippen LogP contribution in [0.5, 0.6) is 0 Å². The Kier molecular flexibility index (Phi) is 5.55. The molecule has 172 valence electrons. The Hall–Kier alpha value is -2.68. The first-order valence-corrected chi connectivity index (χ1v) is 12.8. The molecule has 0 bridgehead atoms. The molecule has 1 atom stereocenters. The van der Waals surface area contributed by atoms with E-state index in [0.717, 1.165) is 5.56 Å². The summed E-state index contributed by atoms with van der Waals surface area (Å²) in [5, 5.41) is 0.221. The van der Waals surface area contributed by atoms with E-state index >= 15 is 0 Å². The van der Waals surface area contributed by atoms with Crippen LogP contribution in [0.4, 0.5) is 11.5 Å². The standard InChI is InChI=1S/C24H25ClN4O3S/c1-16-15-32-13-12-29(16)22-14-21(27-23(28-22)17-6-8-18(26)9-7-17)24(10-11-24)33(30,31)20-5-3-2-4-19(20)25/h2-9,14,16H,10-13,15,26H2,1H3/t16-/m0/s1. The first-order valence-electron chi connectivity index (χ1n) is 10.9. The number of sulfone groups is 1. The number of anilines is 2. The highest BCUT2D eigenvalue weighted by Crippen LogP contribution is 2.56. The lowest BCUT2D eigenvalue weighted by atomic mass is 10.1. The van der Waals surface area contributed by atoms with Crippen LogP contribution in [0.3, 0.4) is 0 Å². The van der Waals surface area contributed by atoms with Gasteiger partial charge in [0.2, 0.25) is 0 Å². The molecule has 33 heavy (non-hydrogen) atoms. The Labute approximate surface area is 198 Å². The highest BCUT2D eigenvalue weighted by Gasteiger charge is 2.58. The smallest absolute Gasteiger partial charge is 0.191 e. The number of hydrogen-bond donors (Lipinski definition) is 1. The van der Waals surface area contributed by atoms with Crippen molar-refractivity contribution in [2.24, 2.45) is 0 Å². The Bertz CT molecular complexity index is 1290. The van der Waals surface area contributed by atoms with Crippen molar-refractivity contribution in [2.75, 3.05) is 30.4 Å². The lowest BCUT2D eigenvalue weighted by Gasteiger charge is -2.34. The fourth-order valence-corrected chi connectivity index (χ4v) is 6.76. The molecule has 1 saturated heterocycles. The Morgan fingerprint density at radius 2 is 1.85 bits per heavy atom. The minimum Gasteiger partial charge on any atom is -0.399 e.